The molecule has 94 valence electrons. The summed E-state index contributed by atoms with van der Waals surface area (Å²) in [5.41, 5.74) is 1.47. The fraction of sp³-hybridized carbons (Fsp3) is 0.0769. The lowest BCUT2D eigenvalue weighted by molar-refractivity contribution is 0.365. The van der Waals surface area contributed by atoms with Gasteiger partial charge in [-0.25, -0.2) is 0 Å². The first-order chi connectivity index (χ1) is 8.59. The Morgan fingerprint density at radius 1 is 0.944 bits per heavy atom. The minimum absolute atomic E-state index is 0.298. The maximum absolute atomic E-state index is 9.67. The van der Waals surface area contributed by atoms with Crippen LogP contribution in [0.4, 0.5) is 5.69 Å². The Morgan fingerprint density at radius 3 is 2.39 bits per heavy atom. The molecular weight excluding hydrogens is 345 g/mol. The highest BCUT2D eigenvalue weighted by Gasteiger charge is 2.10. The van der Waals surface area contributed by atoms with E-state index in [1.807, 2.05) is 24.3 Å². The molecule has 0 aliphatic carbocycles. The summed E-state index contributed by atoms with van der Waals surface area (Å²) in [6.45, 7) is 0.361. The molecule has 0 aromatic heterocycles. The topological polar surface area (TPSA) is 72.7 Å². The molecule has 0 amide bonds. The van der Waals surface area contributed by atoms with Gasteiger partial charge < -0.3 is 20.6 Å². The first kappa shape index (κ1) is 12.8. The second kappa shape index (κ2) is 5.34. The molecular formula is C13H12INO3. The SMILES string of the molecule is Oc1ccc(CNc2ccccc2I)c(O)c1O. The number of anilines is 1. The van der Waals surface area contributed by atoms with E-state index in [1.165, 1.54) is 6.07 Å². The average molecular weight is 357 g/mol. The Morgan fingerprint density at radius 2 is 1.67 bits per heavy atom. The van der Waals surface area contributed by atoms with Crippen LogP contribution in [0.15, 0.2) is 36.4 Å². The second-order valence-electron chi connectivity index (χ2n) is 3.77. The molecule has 0 aliphatic rings. The van der Waals surface area contributed by atoms with E-state index in [0.29, 0.717) is 12.1 Å². The Kier molecular flexibility index (Phi) is 3.81. The van der Waals surface area contributed by atoms with Gasteiger partial charge in [-0.15, -0.1) is 0 Å². The van der Waals surface area contributed by atoms with Crippen molar-refractivity contribution < 1.29 is 15.3 Å². The highest BCUT2D eigenvalue weighted by atomic mass is 127. The Balaban J connectivity index is 2.17. The lowest BCUT2D eigenvalue weighted by atomic mass is 10.1. The van der Waals surface area contributed by atoms with Gasteiger partial charge in [-0.1, -0.05) is 12.1 Å². The molecule has 0 radical (unpaired) electrons. The Labute approximate surface area is 118 Å². The van der Waals surface area contributed by atoms with Crippen molar-refractivity contribution in [2.45, 2.75) is 6.54 Å². The van der Waals surface area contributed by atoms with Crippen LogP contribution in [-0.2, 0) is 6.54 Å². The van der Waals surface area contributed by atoms with Crippen molar-refractivity contribution >= 4 is 28.3 Å². The molecule has 2 aromatic carbocycles. The van der Waals surface area contributed by atoms with E-state index >= 15 is 0 Å². The lowest BCUT2D eigenvalue weighted by Gasteiger charge is -2.11. The van der Waals surface area contributed by atoms with E-state index in [1.54, 1.807) is 6.07 Å². The molecule has 5 heteroatoms. The van der Waals surface area contributed by atoms with Crippen LogP contribution in [0.3, 0.4) is 0 Å². The maximum Gasteiger partial charge on any atom is 0.200 e. The van der Waals surface area contributed by atoms with Crippen molar-refractivity contribution in [3.8, 4) is 17.2 Å². The van der Waals surface area contributed by atoms with Gasteiger partial charge in [0.15, 0.2) is 11.5 Å². The molecule has 0 heterocycles. The van der Waals surface area contributed by atoms with Gasteiger partial charge >= 0.3 is 0 Å². The Bertz CT molecular complexity index is 572. The third kappa shape index (κ3) is 2.61. The maximum atomic E-state index is 9.67. The number of rotatable bonds is 3. The Hall–Kier alpha value is -1.63. The van der Waals surface area contributed by atoms with Gasteiger partial charge in [0.25, 0.3) is 0 Å². The molecule has 0 aliphatic heterocycles. The first-order valence-electron chi connectivity index (χ1n) is 5.30. The van der Waals surface area contributed by atoms with Crippen LogP contribution in [0.5, 0.6) is 17.2 Å². The van der Waals surface area contributed by atoms with E-state index in [4.69, 9.17) is 0 Å². The molecule has 4 N–H and O–H groups in total. The number of para-hydroxylation sites is 1. The third-order valence-corrected chi connectivity index (χ3v) is 3.50. The fourth-order valence-corrected chi connectivity index (χ4v) is 2.13. The van der Waals surface area contributed by atoms with Gasteiger partial charge in [-0.05, 0) is 46.9 Å². The molecule has 18 heavy (non-hydrogen) atoms. The normalized spacial score (nSPS) is 10.3. The number of phenols is 3. The summed E-state index contributed by atoms with van der Waals surface area (Å²) >= 11 is 2.21. The number of phenolic OH excluding ortho intramolecular Hbond substituents is 3. The zero-order valence-electron chi connectivity index (χ0n) is 9.39. The molecule has 0 saturated heterocycles. The summed E-state index contributed by atoms with van der Waals surface area (Å²) in [6, 6.07) is 10.7. The highest BCUT2D eigenvalue weighted by molar-refractivity contribution is 14.1. The predicted octanol–water partition coefficient (Wildman–Crippen LogP) is 3.02. The molecule has 4 nitrogen and oxygen atoms in total. The van der Waals surface area contributed by atoms with Crippen LogP contribution >= 0.6 is 22.6 Å². The van der Waals surface area contributed by atoms with Crippen molar-refractivity contribution in [1.82, 2.24) is 0 Å². The molecule has 0 unspecified atom stereocenters. The molecule has 0 saturated carbocycles. The molecule has 0 fully saturated rings. The number of hydrogen-bond acceptors (Lipinski definition) is 4. The quantitative estimate of drug-likeness (QED) is 0.503. The van der Waals surface area contributed by atoms with Crippen molar-refractivity contribution in [3.63, 3.8) is 0 Å². The van der Waals surface area contributed by atoms with Crippen molar-refractivity contribution in [2.24, 2.45) is 0 Å². The van der Waals surface area contributed by atoms with Gasteiger partial charge in [0, 0.05) is 21.4 Å². The van der Waals surface area contributed by atoms with Gasteiger partial charge in [-0.3, -0.25) is 0 Å². The largest absolute Gasteiger partial charge is 0.504 e. The zero-order chi connectivity index (χ0) is 13.1. The summed E-state index contributed by atoms with van der Waals surface area (Å²) in [6.07, 6.45) is 0. The number of benzene rings is 2. The highest BCUT2D eigenvalue weighted by Crippen LogP contribution is 2.37. The molecule has 0 bridgehead atoms. The van der Waals surface area contributed by atoms with E-state index in [2.05, 4.69) is 27.9 Å². The minimum atomic E-state index is -0.489. The smallest absolute Gasteiger partial charge is 0.200 e. The number of aromatic hydroxyl groups is 3. The molecule has 2 aromatic rings. The number of hydrogen-bond donors (Lipinski definition) is 4. The van der Waals surface area contributed by atoms with Crippen LogP contribution in [-0.4, -0.2) is 15.3 Å². The van der Waals surface area contributed by atoms with Crippen molar-refractivity contribution in [2.75, 3.05) is 5.32 Å². The van der Waals surface area contributed by atoms with Crippen molar-refractivity contribution in [1.29, 1.82) is 0 Å². The monoisotopic (exact) mass is 357 g/mol. The summed E-state index contributed by atoms with van der Waals surface area (Å²) in [5.74, 6) is -1.11. The fourth-order valence-electron chi connectivity index (χ4n) is 1.55. The first-order valence-corrected chi connectivity index (χ1v) is 6.38. The molecule has 0 spiro atoms. The van der Waals surface area contributed by atoms with Gasteiger partial charge in [0.1, 0.15) is 0 Å². The van der Waals surface area contributed by atoms with E-state index in [9.17, 15) is 15.3 Å². The summed E-state index contributed by atoms with van der Waals surface area (Å²) in [4.78, 5) is 0. The van der Waals surface area contributed by atoms with Gasteiger partial charge in [0.05, 0.1) is 0 Å². The van der Waals surface area contributed by atoms with Crippen LogP contribution in [0.25, 0.3) is 0 Å². The van der Waals surface area contributed by atoms with Gasteiger partial charge in [0.2, 0.25) is 5.75 Å². The second-order valence-corrected chi connectivity index (χ2v) is 4.94. The van der Waals surface area contributed by atoms with Crippen LogP contribution in [0, 0.1) is 3.57 Å². The summed E-state index contributed by atoms with van der Waals surface area (Å²) < 4.78 is 1.07. The van der Waals surface area contributed by atoms with E-state index in [-0.39, 0.29) is 11.5 Å². The average Bonchev–Trinajstić information content (AvgIpc) is 2.37. The lowest BCUT2D eigenvalue weighted by Crippen LogP contribution is -2.01. The number of halogens is 1. The van der Waals surface area contributed by atoms with E-state index in [0.717, 1.165) is 9.26 Å². The molecule has 2 rings (SSSR count). The predicted molar refractivity (Wildman–Crippen MR) is 77.9 cm³/mol. The van der Waals surface area contributed by atoms with Crippen LogP contribution in [0.2, 0.25) is 0 Å². The standard InChI is InChI=1S/C13H12INO3/c14-9-3-1-2-4-10(9)15-7-8-5-6-11(16)13(18)12(8)17/h1-6,15-18H,7H2. The van der Waals surface area contributed by atoms with E-state index < -0.39 is 5.75 Å². The number of nitrogens with one attached hydrogen (secondary N) is 1. The summed E-state index contributed by atoms with van der Waals surface area (Å²) in [7, 11) is 0. The van der Waals surface area contributed by atoms with Crippen LogP contribution in [0.1, 0.15) is 5.56 Å². The third-order valence-electron chi connectivity index (χ3n) is 2.56. The minimum Gasteiger partial charge on any atom is -0.504 e. The van der Waals surface area contributed by atoms with Crippen LogP contribution < -0.4 is 5.32 Å². The zero-order valence-corrected chi connectivity index (χ0v) is 11.5. The van der Waals surface area contributed by atoms with Gasteiger partial charge in [-0.2, -0.15) is 0 Å². The molecule has 0 atom stereocenters. The van der Waals surface area contributed by atoms with Crippen molar-refractivity contribution in [3.05, 3.63) is 45.5 Å². The summed E-state index contributed by atoms with van der Waals surface area (Å²) in [5, 5.41) is 31.5.